The molecule has 0 aliphatic carbocycles. The van der Waals surface area contributed by atoms with E-state index in [9.17, 15) is 10.2 Å². The van der Waals surface area contributed by atoms with E-state index < -0.39 is 0 Å². The van der Waals surface area contributed by atoms with Gasteiger partial charge in [0.2, 0.25) is 0 Å². The Labute approximate surface area is 102 Å². The highest BCUT2D eigenvalue weighted by Crippen LogP contribution is 2.23. The van der Waals surface area contributed by atoms with Gasteiger partial charge in [-0.1, -0.05) is 0 Å². The number of piperidine rings is 2. The van der Waals surface area contributed by atoms with E-state index in [4.69, 9.17) is 11.6 Å². The zero-order valence-electron chi connectivity index (χ0n) is 9.48. The van der Waals surface area contributed by atoms with Crippen LogP contribution < -0.4 is 5.32 Å². The first kappa shape index (κ1) is 12.6. The van der Waals surface area contributed by atoms with Gasteiger partial charge in [0, 0.05) is 25.2 Å². The molecule has 0 radical (unpaired) electrons. The molecule has 4 nitrogen and oxygen atoms in total. The summed E-state index contributed by atoms with van der Waals surface area (Å²) in [6, 6.07) is 0.444. The van der Waals surface area contributed by atoms with Gasteiger partial charge in [0.15, 0.2) is 0 Å². The summed E-state index contributed by atoms with van der Waals surface area (Å²) >= 11 is 6.04. The molecular weight excluding hydrogens is 228 g/mol. The molecule has 94 valence electrons. The second-order valence-corrected chi connectivity index (χ2v) is 5.36. The van der Waals surface area contributed by atoms with Crippen molar-refractivity contribution in [3.8, 4) is 0 Å². The van der Waals surface area contributed by atoms with Gasteiger partial charge in [-0.2, -0.15) is 0 Å². The molecule has 0 spiro atoms. The van der Waals surface area contributed by atoms with Crippen molar-refractivity contribution in [3.63, 3.8) is 0 Å². The first-order valence-corrected chi connectivity index (χ1v) is 6.57. The van der Waals surface area contributed by atoms with Crippen molar-refractivity contribution in [2.45, 2.75) is 49.4 Å². The van der Waals surface area contributed by atoms with Crippen molar-refractivity contribution in [3.05, 3.63) is 0 Å². The summed E-state index contributed by atoms with van der Waals surface area (Å²) in [6.45, 7) is 1.99. The van der Waals surface area contributed by atoms with Crippen LogP contribution in [0.25, 0.3) is 0 Å². The van der Waals surface area contributed by atoms with E-state index in [1.807, 2.05) is 0 Å². The number of nitrogens with zero attached hydrogens (tertiary/aromatic N) is 1. The smallest absolute Gasteiger partial charge is 0.0829 e. The Hall–Kier alpha value is 0.130. The summed E-state index contributed by atoms with van der Waals surface area (Å²) in [7, 11) is 0. The lowest BCUT2D eigenvalue weighted by molar-refractivity contribution is 0.0283. The fourth-order valence-corrected chi connectivity index (χ4v) is 3.06. The van der Waals surface area contributed by atoms with Crippen LogP contribution in [-0.4, -0.2) is 58.5 Å². The standard InChI is InChI=1S/C11H21ClN2O2/c12-11-2-1-10(9(7-15)13-11)14-5-3-8(16)4-6-14/h8-11,13,15-16H,1-7H2. The molecule has 2 saturated heterocycles. The van der Waals surface area contributed by atoms with Gasteiger partial charge in [0.05, 0.1) is 18.2 Å². The predicted octanol–water partition coefficient (Wildman–Crippen LogP) is 0.121. The lowest BCUT2D eigenvalue weighted by Crippen LogP contribution is -2.58. The van der Waals surface area contributed by atoms with Gasteiger partial charge < -0.3 is 10.2 Å². The molecular formula is C11H21ClN2O2. The molecule has 0 aromatic rings. The van der Waals surface area contributed by atoms with E-state index in [0.717, 1.165) is 38.8 Å². The van der Waals surface area contributed by atoms with Gasteiger partial charge in [-0.15, -0.1) is 11.6 Å². The summed E-state index contributed by atoms with van der Waals surface area (Å²) in [6.07, 6.45) is 3.53. The van der Waals surface area contributed by atoms with Gasteiger partial charge in [-0.05, 0) is 25.7 Å². The van der Waals surface area contributed by atoms with Crippen LogP contribution in [-0.2, 0) is 0 Å². The number of nitrogens with one attached hydrogen (secondary N) is 1. The van der Waals surface area contributed by atoms with Gasteiger partial charge in [-0.3, -0.25) is 10.2 Å². The molecule has 0 saturated carbocycles. The molecule has 0 aromatic heterocycles. The molecule has 0 amide bonds. The molecule has 16 heavy (non-hydrogen) atoms. The van der Waals surface area contributed by atoms with Gasteiger partial charge >= 0.3 is 0 Å². The number of rotatable bonds is 2. The number of alkyl halides is 1. The minimum absolute atomic E-state index is 0.0104. The van der Waals surface area contributed by atoms with Crippen LogP contribution in [0.3, 0.4) is 0 Å². The first-order valence-electron chi connectivity index (χ1n) is 6.14. The van der Waals surface area contributed by atoms with Crippen LogP contribution in [0.15, 0.2) is 0 Å². The highest BCUT2D eigenvalue weighted by atomic mass is 35.5. The van der Waals surface area contributed by atoms with E-state index in [1.165, 1.54) is 0 Å². The van der Waals surface area contributed by atoms with Crippen molar-refractivity contribution in [1.82, 2.24) is 10.2 Å². The van der Waals surface area contributed by atoms with Crippen molar-refractivity contribution < 1.29 is 10.2 Å². The quantitative estimate of drug-likeness (QED) is 0.480. The second-order valence-electron chi connectivity index (χ2n) is 4.84. The molecule has 0 aromatic carbocycles. The second kappa shape index (κ2) is 5.65. The Balaban J connectivity index is 1.91. The number of aliphatic hydroxyl groups excluding tert-OH is 2. The van der Waals surface area contributed by atoms with Crippen LogP contribution in [0.4, 0.5) is 0 Å². The van der Waals surface area contributed by atoms with E-state index >= 15 is 0 Å². The molecule has 2 aliphatic rings. The topological polar surface area (TPSA) is 55.7 Å². The fourth-order valence-electron chi connectivity index (χ4n) is 2.77. The molecule has 3 atom stereocenters. The zero-order valence-corrected chi connectivity index (χ0v) is 10.2. The third-order valence-electron chi connectivity index (χ3n) is 3.74. The number of halogens is 1. The molecule has 2 aliphatic heterocycles. The van der Waals surface area contributed by atoms with Gasteiger partial charge in [0.1, 0.15) is 0 Å². The molecule has 2 fully saturated rings. The maximum absolute atomic E-state index is 9.48. The monoisotopic (exact) mass is 248 g/mol. The number of aliphatic hydroxyl groups is 2. The first-order chi connectivity index (χ1) is 7.70. The number of likely N-dealkylation sites (tertiary alicyclic amines) is 1. The van der Waals surface area contributed by atoms with E-state index in [0.29, 0.717) is 6.04 Å². The Kier molecular flexibility index (Phi) is 4.44. The average molecular weight is 249 g/mol. The van der Waals surface area contributed by atoms with Crippen LogP contribution in [0.1, 0.15) is 25.7 Å². The molecule has 3 N–H and O–H groups in total. The molecule has 0 bridgehead atoms. The van der Waals surface area contributed by atoms with Crippen LogP contribution in [0.5, 0.6) is 0 Å². The van der Waals surface area contributed by atoms with Crippen LogP contribution in [0.2, 0.25) is 0 Å². The Morgan fingerprint density at radius 1 is 1.19 bits per heavy atom. The maximum Gasteiger partial charge on any atom is 0.0829 e. The Morgan fingerprint density at radius 2 is 1.88 bits per heavy atom. The molecule has 3 unspecified atom stereocenters. The van der Waals surface area contributed by atoms with Crippen molar-refractivity contribution in [1.29, 1.82) is 0 Å². The summed E-state index contributed by atoms with van der Waals surface area (Å²) in [5, 5.41) is 22.1. The van der Waals surface area contributed by atoms with Crippen molar-refractivity contribution in [2.24, 2.45) is 0 Å². The third-order valence-corrected chi connectivity index (χ3v) is 4.08. The molecule has 2 rings (SSSR count). The summed E-state index contributed by atoms with van der Waals surface area (Å²) in [4.78, 5) is 2.38. The molecule has 5 heteroatoms. The van der Waals surface area contributed by atoms with Crippen molar-refractivity contribution >= 4 is 11.6 Å². The van der Waals surface area contributed by atoms with Gasteiger partial charge in [-0.25, -0.2) is 0 Å². The van der Waals surface area contributed by atoms with Crippen LogP contribution >= 0.6 is 11.6 Å². The molecule has 2 heterocycles. The summed E-state index contributed by atoms with van der Waals surface area (Å²) in [5.74, 6) is 0. The fraction of sp³-hybridized carbons (Fsp3) is 1.00. The Bertz CT molecular complexity index is 222. The average Bonchev–Trinajstić information content (AvgIpc) is 2.30. The minimum Gasteiger partial charge on any atom is -0.395 e. The third kappa shape index (κ3) is 2.87. The summed E-state index contributed by atoms with van der Waals surface area (Å²) < 4.78 is 0. The predicted molar refractivity (Wildman–Crippen MR) is 63.5 cm³/mol. The normalized spacial score (nSPS) is 38.8. The lowest BCUT2D eigenvalue weighted by Gasteiger charge is -2.43. The SMILES string of the molecule is OCC1NC(Cl)CCC1N1CCC(O)CC1. The van der Waals surface area contributed by atoms with Crippen LogP contribution in [0, 0.1) is 0 Å². The van der Waals surface area contributed by atoms with Crippen molar-refractivity contribution in [2.75, 3.05) is 19.7 Å². The zero-order chi connectivity index (χ0) is 11.5. The highest BCUT2D eigenvalue weighted by Gasteiger charge is 2.34. The van der Waals surface area contributed by atoms with E-state index in [-0.39, 0.29) is 24.3 Å². The number of hydrogen-bond acceptors (Lipinski definition) is 4. The Morgan fingerprint density at radius 3 is 2.50 bits per heavy atom. The lowest BCUT2D eigenvalue weighted by atomic mass is 9.94. The van der Waals surface area contributed by atoms with E-state index in [2.05, 4.69) is 10.2 Å². The van der Waals surface area contributed by atoms with Gasteiger partial charge in [0.25, 0.3) is 0 Å². The summed E-state index contributed by atoms with van der Waals surface area (Å²) in [5.41, 5.74) is -0.0104. The highest BCUT2D eigenvalue weighted by molar-refractivity contribution is 6.20. The van der Waals surface area contributed by atoms with E-state index in [1.54, 1.807) is 0 Å². The largest absolute Gasteiger partial charge is 0.395 e. The maximum atomic E-state index is 9.48. The minimum atomic E-state index is -0.138. The number of hydrogen-bond donors (Lipinski definition) is 3.